The molecular formula is C23H35FN2O3S. The summed E-state index contributed by atoms with van der Waals surface area (Å²) in [6, 6.07) is 5.40. The van der Waals surface area contributed by atoms with Crippen molar-refractivity contribution < 1.29 is 18.7 Å². The Morgan fingerprint density at radius 3 is 2.60 bits per heavy atom. The van der Waals surface area contributed by atoms with Crippen molar-refractivity contribution in [3.05, 3.63) is 29.6 Å². The first-order valence-electron chi connectivity index (χ1n) is 11.0. The number of halogens is 1. The van der Waals surface area contributed by atoms with E-state index < -0.39 is 0 Å². The van der Waals surface area contributed by atoms with Crippen LogP contribution in [0.1, 0.15) is 77.3 Å². The molecule has 7 heteroatoms. The Bertz CT molecular complexity index is 697. The van der Waals surface area contributed by atoms with Gasteiger partial charge in [0.05, 0.1) is 6.61 Å². The van der Waals surface area contributed by atoms with Gasteiger partial charge in [0.15, 0.2) is 11.6 Å². The van der Waals surface area contributed by atoms with Crippen molar-refractivity contribution in [2.24, 2.45) is 11.8 Å². The van der Waals surface area contributed by atoms with E-state index in [1.165, 1.54) is 44.6 Å². The Balaban J connectivity index is 0.000000335. The fourth-order valence-corrected chi connectivity index (χ4v) is 3.98. The van der Waals surface area contributed by atoms with Crippen molar-refractivity contribution in [3.63, 3.8) is 0 Å². The van der Waals surface area contributed by atoms with Gasteiger partial charge in [0.1, 0.15) is 0 Å². The summed E-state index contributed by atoms with van der Waals surface area (Å²) in [6.07, 6.45) is 7.83. The van der Waals surface area contributed by atoms with Gasteiger partial charge in [-0.15, -0.1) is 0 Å². The number of amides is 2. The lowest BCUT2D eigenvalue weighted by Gasteiger charge is -2.25. The van der Waals surface area contributed by atoms with Gasteiger partial charge in [-0.25, -0.2) is 4.39 Å². The van der Waals surface area contributed by atoms with E-state index >= 15 is 0 Å². The molecule has 0 aromatic heterocycles. The lowest BCUT2D eigenvalue weighted by Crippen LogP contribution is -2.20. The van der Waals surface area contributed by atoms with Crippen molar-refractivity contribution >= 4 is 23.8 Å². The first-order chi connectivity index (χ1) is 14.4. The van der Waals surface area contributed by atoms with Crippen LogP contribution >= 0.6 is 11.9 Å². The summed E-state index contributed by atoms with van der Waals surface area (Å²) in [5, 5.41) is 2.19. The Kier molecular flexibility index (Phi) is 10.6. The van der Waals surface area contributed by atoms with Crippen LogP contribution in [-0.2, 0) is 9.59 Å². The molecule has 1 aliphatic heterocycles. The highest BCUT2D eigenvalue weighted by molar-refractivity contribution is 7.97. The summed E-state index contributed by atoms with van der Waals surface area (Å²) in [4.78, 5) is 20.8. The molecule has 2 N–H and O–H groups in total. The number of nitrogens with one attached hydrogen (secondary N) is 2. The second-order valence-electron chi connectivity index (χ2n) is 8.21. The summed E-state index contributed by atoms with van der Waals surface area (Å²) in [5.74, 6) is 1.47. The summed E-state index contributed by atoms with van der Waals surface area (Å²) >= 11 is 1.75. The van der Waals surface area contributed by atoms with Gasteiger partial charge in [-0.3, -0.25) is 19.6 Å². The minimum absolute atomic E-state index is 0.109. The van der Waals surface area contributed by atoms with E-state index in [1.807, 2.05) is 12.1 Å². The summed E-state index contributed by atoms with van der Waals surface area (Å²) in [6.45, 7) is 6.70. The van der Waals surface area contributed by atoms with E-state index in [4.69, 9.17) is 4.74 Å². The van der Waals surface area contributed by atoms with Crippen LogP contribution in [0.2, 0.25) is 0 Å². The van der Waals surface area contributed by atoms with Crippen molar-refractivity contribution in [2.75, 3.05) is 12.4 Å². The van der Waals surface area contributed by atoms with Gasteiger partial charge >= 0.3 is 0 Å². The number of carbonyl (C=O) groups is 2. The lowest BCUT2D eigenvalue weighted by atomic mass is 9.86. The second-order valence-corrected chi connectivity index (χ2v) is 9.14. The first-order valence-corrected chi connectivity index (χ1v) is 12.0. The van der Waals surface area contributed by atoms with Crippen molar-refractivity contribution in [3.8, 4) is 5.75 Å². The van der Waals surface area contributed by atoms with E-state index in [0.717, 1.165) is 11.3 Å². The van der Waals surface area contributed by atoms with Gasteiger partial charge in [-0.05, 0) is 49.8 Å². The van der Waals surface area contributed by atoms with Gasteiger partial charge in [-0.2, -0.15) is 0 Å². The molecule has 1 aromatic carbocycles. The Hall–Kier alpha value is -1.60. The highest BCUT2D eigenvalue weighted by atomic mass is 32.2. The van der Waals surface area contributed by atoms with Crippen LogP contribution in [0.3, 0.4) is 0 Å². The molecule has 5 nitrogen and oxygen atoms in total. The van der Waals surface area contributed by atoms with Crippen molar-refractivity contribution in [2.45, 2.75) is 71.8 Å². The molecule has 2 amide bonds. The number of hydrogen-bond donors (Lipinski definition) is 2. The molecular weight excluding hydrogens is 403 g/mol. The van der Waals surface area contributed by atoms with E-state index in [0.29, 0.717) is 24.7 Å². The second kappa shape index (κ2) is 13.0. The van der Waals surface area contributed by atoms with Gasteiger partial charge in [-0.1, -0.05) is 51.1 Å². The third-order valence-electron chi connectivity index (χ3n) is 5.47. The van der Waals surface area contributed by atoms with E-state index in [9.17, 15) is 14.0 Å². The standard InChI is InChI=1S/C18H28FNOS.C5H7NO2/c1-3-4-5-11-22-20-14(2)16-9-10-17(19)18(12-16)21-13-15-7-6-8-15;1-3-2-4(7)6-5(3)8/h9-10,12,14-15,20H,3-8,11,13H2,1-2H3;3H,2H2,1H3,(H,6,7,8). The zero-order chi connectivity index (χ0) is 21.9. The molecule has 0 spiro atoms. The molecule has 30 heavy (non-hydrogen) atoms. The van der Waals surface area contributed by atoms with Crippen molar-refractivity contribution in [1.29, 1.82) is 0 Å². The monoisotopic (exact) mass is 438 g/mol. The van der Waals surface area contributed by atoms with Crippen LogP contribution in [-0.4, -0.2) is 24.2 Å². The Morgan fingerprint density at radius 2 is 2.07 bits per heavy atom. The molecule has 0 bridgehead atoms. The van der Waals surface area contributed by atoms with Gasteiger partial charge in [0.2, 0.25) is 11.8 Å². The maximum absolute atomic E-state index is 13.8. The molecule has 168 valence electrons. The minimum atomic E-state index is -0.258. The maximum atomic E-state index is 13.8. The Morgan fingerprint density at radius 1 is 1.30 bits per heavy atom. The normalized spacial score (nSPS) is 19.5. The zero-order valence-corrected chi connectivity index (χ0v) is 19.2. The van der Waals surface area contributed by atoms with Gasteiger partial charge in [0.25, 0.3) is 0 Å². The van der Waals surface area contributed by atoms with Gasteiger partial charge in [0, 0.05) is 24.1 Å². The molecule has 1 aromatic rings. The molecule has 1 aliphatic carbocycles. The quantitative estimate of drug-likeness (QED) is 0.300. The van der Waals surface area contributed by atoms with E-state index in [-0.39, 0.29) is 29.6 Å². The molecule has 0 radical (unpaired) electrons. The fraction of sp³-hybridized carbons (Fsp3) is 0.652. The average molecular weight is 439 g/mol. The SMILES string of the molecule is CC1CC(=O)NC1=O.CCCCCSNC(C)c1ccc(F)c(OCC2CCC2)c1. The molecule has 1 heterocycles. The lowest BCUT2D eigenvalue weighted by molar-refractivity contribution is -0.125. The molecule has 2 atom stereocenters. The van der Waals surface area contributed by atoms with E-state index in [2.05, 4.69) is 23.9 Å². The summed E-state index contributed by atoms with van der Waals surface area (Å²) in [5.41, 5.74) is 1.08. The van der Waals surface area contributed by atoms with Crippen LogP contribution < -0.4 is 14.8 Å². The van der Waals surface area contributed by atoms with Crippen molar-refractivity contribution in [1.82, 2.24) is 10.0 Å². The first kappa shape index (κ1) is 24.7. The average Bonchev–Trinajstić information content (AvgIpc) is 2.97. The predicted molar refractivity (Wildman–Crippen MR) is 120 cm³/mol. The number of ether oxygens (including phenoxy) is 1. The number of unbranched alkanes of at least 4 members (excludes halogenated alkanes) is 2. The highest BCUT2D eigenvalue weighted by Crippen LogP contribution is 2.29. The number of carbonyl (C=O) groups excluding carboxylic acids is 2. The van der Waals surface area contributed by atoms with Crippen LogP contribution in [0.4, 0.5) is 4.39 Å². The maximum Gasteiger partial charge on any atom is 0.229 e. The third-order valence-corrected chi connectivity index (χ3v) is 6.48. The molecule has 3 rings (SSSR count). The number of benzene rings is 1. The summed E-state index contributed by atoms with van der Waals surface area (Å²) in [7, 11) is 0. The van der Waals surface area contributed by atoms with Crippen LogP contribution in [0.5, 0.6) is 5.75 Å². The molecule has 1 saturated heterocycles. The smallest absolute Gasteiger partial charge is 0.229 e. The topological polar surface area (TPSA) is 67.4 Å². The van der Waals surface area contributed by atoms with Gasteiger partial charge < -0.3 is 4.74 Å². The minimum Gasteiger partial charge on any atom is -0.490 e. The number of rotatable bonds is 10. The molecule has 2 aliphatic rings. The van der Waals surface area contributed by atoms with Crippen LogP contribution in [0.25, 0.3) is 0 Å². The molecule has 1 saturated carbocycles. The predicted octanol–water partition coefficient (Wildman–Crippen LogP) is 5.16. The highest BCUT2D eigenvalue weighted by Gasteiger charge is 2.25. The van der Waals surface area contributed by atoms with Crippen LogP contribution in [0, 0.1) is 17.7 Å². The van der Waals surface area contributed by atoms with E-state index in [1.54, 1.807) is 18.9 Å². The Labute approximate surface area is 184 Å². The third kappa shape index (κ3) is 8.26. The number of hydrogen-bond acceptors (Lipinski definition) is 5. The zero-order valence-electron chi connectivity index (χ0n) is 18.3. The molecule has 2 fully saturated rings. The summed E-state index contributed by atoms with van der Waals surface area (Å²) < 4.78 is 23.0. The molecule has 2 unspecified atom stereocenters. The fourth-order valence-electron chi connectivity index (χ4n) is 3.13. The largest absolute Gasteiger partial charge is 0.490 e. The number of imide groups is 1. The van der Waals surface area contributed by atoms with Crippen LogP contribution in [0.15, 0.2) is 18.2 Å².